The number of hydrogen-bond acceptors (Lipinski definition) is 2. The molecule has 1 rings (SSSR count). The molecule has 0 radical (unpaired) electrons. The normalized spacial score (nSPS) is 12.7. The molecule has 0 aliphatic rings. The van der Waals surface area contributed by atoms with Crippen molar-refractivity contribution in [1.29, 1.82) is 5.26 Å². The Morgan fingerprint density at radius 1 is 1.24 bits per heavy atom. The van der Waals surface area contributed by atoms with Crippen LogP contribution in [-0.2, 0) is 0 Å². The lowest BCUT2D eigenvalue weighted by Gasteiger charge is -2.33. The van der Waals surface area contributed by atoms with Crippen LogP contribution in [0.3, 0.4) is 0 Å². The van der Waals surface area contributed by atoms with Crippen molar-refractivity contribution in [2.75, 3.05) is 6.54 Å². The van der Waals surface area contributed by atoms with Crippen LogP contribution >= 0.6 is 0 Å². The molecule has 0 heterocycles. The Morgan fingerprint density at radius 2 is 1.88 bits per heavy atom. The van der Waals surface area contributed by atoms with Gasteiger partial charge in [-0.05, 0) is 32.4 Å². The van der Waals surface area contributed by atoms with Crippen LogP contribution in [0.5, 0.6) is 0 Å². The Labute approximate surface area is 105 Å². The lowest BCUT2D eigenvalue weighted by Crippen LogP contribution is -2.35. The second-order valence-corrected chi connectivity index (χ2v) is 4.62. The van der Waals surface area contributed by atoms with Gasteiger partial charge in [-0.3, -0.25) is 4.90 Å². The monoisotopic (exact) mass is 230 g/mol. The van der Waals surface area contributed by atoms with Crippen LogP contribution in [0.25, 0.3) is 0 Å². The number of rotatable bonds is 6. The highest BCUT2D eigenvalue weighted by Crippen LogP contribution is 2.26. The highest BCUT2D eigenvalue weighted by Gasteiger charge is 2.21. The van der Waals surface area contributed by atoms with E-state index >= 15 is 0 Å². The first kappa shape index (κ1) is 13.7. The van der Waals surface area contributed by atoms with Crippen LogP contribution in [0.1, 0.15) is 45.2 Å². The van der Waals surface area contributed by atoms with Gasteiger partial charge in [-0.1, -0.05) is 37.3 Å². The maximum atomic E-state index is 9.02. The van der Waals surface area contributed by atoms with E-state index in [0.717, 1.165) is 13.0 Å². The summed E-state index contributed by atoms with van der Waals surface area (Å²) in [5.74, 6) is 0. The molecule has 1 aromatic rings. The second kappa shape index (κ2) is 7.09. The van der Waals surface area contributed by atoms with Crippen molar-refractivity contribution in [2.24, 2.45) is 0 Å². The molecule has 0 N–H and O–H groups in total. The van der Waals surface area contributed by atoms with Crippen molar-refractivity contribution < 1.29 is 0 Å². The van der Waals surface area contributed by atoms with Gasteiger partial charge in [-0.2, -0.15) is 5.26 Å². The van der Waals surface area contributed by atoms with Crippen LogP contribution in [0.15, 0.2) is 30.3 Å². The number of benzene rings is 1. The first-order valence-corrected chi connectivity index (χ1v) is 6.38. The summed E-state index contributed by atoms with van der Waals surface area (Å²) in [5, 5.41) is 9.02. The largest absolute Gasteiger partial charge is 0.293 e. The fourth-order valence-corrected chi connectivity index (χ4v) is 2.22. The quantitative estimate of drug-likeness (QED) is 0.744. The van der Waals surface area contributed by atoms with E-state index in [1.54, 1.807) is 0 Å². The zero-order chi connectivity index (χ0) is 12.7. The molecule has 0 aromatic heterocycles. The summed E-state index contributed by atoms with van der Waals surface area (Å²) < 4.78 is 0. The molecule has 1 aromatic carbocycles. The van der Waals surface area contributed by atoms with E-state index in [-0.39, 0.29) is 6.04 Å². The fraction of sp³-hybridized carbons (Fsp3) is 0.533. The minimum atomic E-state index is 0.223. The van der Waals surface area contributed by atoms with Crippen molar-refractivity contribution in [1.82, 2.24) is 4.90 Å². The summed E-state index contributed by atoms with van der Waals surface area (Å²) in [5.41, 5.74) is 1.25. The van der Waals surface area contributed by atoms with E-state index in [1.807, 2.05) is 18.2 Å². The highest BCUT2D eigenvalue weighted by atomic mass is 15.2. The van der Waals surface area contributed by atoms with E-state index in [9.17, 15) is 0 Å². The molecule has 1 atom stereocenters. The predicted molar refractivity (Wildman–Crippen MR) is 71.5 cm³/mol. The predicted octanol–water partition coefficient (Wildman–Crippen LogP) is 3.76. The molecule has 0 fully saturated rings. The van der Waals surface area contributed by atoms with Crippen LogP contribution in [0.2, 0.25) is 0 Å². The van der Waals surface area contributed by atoms with E-state index in [0.29, 0.717) is 12.5 Å². The summed E-state index contributed by atoms with van der Waals surface area (Å²) in [6, 6.07) is 13.4. The van der Waals surface area contributed by atoms with Gasteiger partial charge in [0.05, 0.1) is 12.5 Å². The van der Waals surface area contributed by atoms with Crippen molar-refractivity contribution in [3.05, 3.63) is 35.9 Å². The van der Waals surface area contributed by atoms with Crippen molar-refractivity contribution in [3.8, 4) is 6.07 Å². The highest BCUT2D eigenvalue weighted by molar-refractivity contribution is 5.20. The SMILES string of the molecule is CCCN(C(C)C)C(CC#N)c1ccccc1. The van der Waals surface area contributed by atoms with E-state index in [4.69, 9.17) is 5.26 Å². The number of nitrogens with zero attached hydrogens (tertiary/aromatic N) is 2. The maximum Gasteiger partial charge on any atom is 0.0641 e. The van der Waals surface area contributed by atoms with Crippen molar-refractivity contribution in [2.45, 2.75) is 45.7 Å². The molecule has 1 unspecified atom stereocenters. The molecular formula is C15H22N2. The summed E-state index contributed by atoms with van der Waals surface area (Å²) in [7, 11) is 0. The third kappa shape index (κ3) is 3.87. The summed E-state index contributed by atoms with van der Waals surface area (Å²) in [6.07, 6.45) is 1.68. The molecule has 0 spiro atoms. The summed E-state index contributed by atoms with van der Waals surface area (Å²) in [4.78, 5) is 2.42. The topological polar surface area (TPSA) is 27.0 Å². The third-order valence-electron chi connectivity index (χ3n) is 3.01. The molecular weight excluding hydrogens is 208 g/mol. The zero-order valence-corrected chi connectivity index (χ0v) is 11.1. The first-order valence-electron chi connectivity index (χ1n) is 6.38. The molecule has 0 amide bonds. The van der Waals surface area contributed by atoms with Crippen LogP contribution in [0.4, 0.5) is 0 Å². The molecule has 0 saturated carbocycles. The summed E-state index contributed by atoms with van der Waals surface area (Å²) in [6.45, 7) is 7.62. The number of hydrogen-bond donors (Lipinski definition) is 0. The van der Waals surface area contributed by atoms with Crippen LogP contribution < -0.4 is 0 Å². The van der Waals surface area contributed by atoms with Gasteiger partial charge in [0.2, 0.25) is 0 Å². The lowest BCUT2D eigenvalue weighted by atomic mass is 10.0. The molecule has 2 heteroatoms. The average Bonchev–Trinajstić information content (AvgIpc) is 2.34. The van der Waals surface area contributed by atoms with Crippen LogP contribution in [-0.4, -0.2) is 17.5 Å². The molecule has 0 aliphatic carbocycles. The van der Waals surface area contributed by atoms with Gasteiger partial charge in [0.1, 0.15) is 0 Å². The smallest absolute Gasteiger partial charge is 0.0641 e. The Balaban J connectivity index is 2.94. The Bertz CT molecular complexity index is 351. The van der Waals surface area contributed by atoms with Gasteiger partial charge < -0.3 is 0 Å². The Kier molecular flexibility index (Phi) is 5.72. The standard InChI is InChI=1S/C15H22N2/c1-4-12-17(13(2)3)15(10-11-16)14-8-6-5-7-9-14/h5-9,13,15H,4,10,12H2,1-3H3. The summed E-state index contributed by atoms with van der Waals surface area (Å²) >= 11 is 0. The number of nitriles is 1. The minimum absolute atomic E-state index is 0.223. The maximum absolute atomic E-state index is 9.02. The molecule has 0 aliphatic heterocycles. The Hall–Kier alpha value is -1.33. The van der Waals surface area contributed by atoms with Gasteiger partial charge in [0.25, 0.3) is 0 Å². The van der Waals surface area contributed by atoms with Gasteiger partial charge in [-0.15, -0.1) is 0 Å². The van der Waals surface area contributed by atoms with Gasteiger partial charge >= 0.3 is 0 Å². The second-order valence-electron chi connectivity index (χ2n) is 4.62. The fourth-order valence-electron chi connectivity index (χ4n) is 2.22. The molecule has 17 heavy (non-hydrogen) atoms. The van der Waals surface area contributed by atoms with E-state index in [2.05, 4.69) is 43.9 Å². The molecule has 0 bridgehead atoms. The minimum Gasteiger partial charge on any atom is -0.293 e. The molecule has 2 nitrogen and oxygen atoms in total. The van der Waals surface area contributed by atoms with Crippen molar-refractivity contribution in [3.63, 3.8) is 0 Å². The first-order chi connectivity index (χ1) is 8.20. The zero-order valence-electron chi connectivity index (χ0n) is 11.1. The molecule has 92 valence electrons. The molecule has 0 saturated heterocycles. The lowest BCUT2D eigenvalue weighted by molar-refractivity contribution is 0.155. The third-order valence-corrected chi connectivity index (χ3v) is 3.01. The van der Waals surface area contributed by atoms with Gasteiger partial charge in [0, 0.05) is 12.1 Å². The van der Waals surface area contributed by atoms with Gasteiger partial charge in [-0.25, -0.2) is 0 Å². The van der Waals surface area contributed by atoms with Crippen LogP contribution in [0, 0.1) is 11.3 Å². The Morgan fingerprint density at radius 3 is 2.35 bits per heavy atom. The van der Waals surface area contributed by atoms with E-state index in [1.165, 1.54) is 5.56 Å². The van der Waals surface area contributed by atoms with Gasteiger partial charge in [0.15, 0.2) is 0 Å². The van der Waals surface area contributed by atoms with E-state index < -0.39 is 0 Å². The van der Waals surface area contributed by atoms with Crippen molar-refractivity contribution >= 4 is 0 Å². The average molecular weight is 230 g/mol.